The Morgan fingerprint density at radius 2 is 1.95 bits per heavy atom. The fourth-order valence-corrected chi connectivity index (χ4v) is 2.90. The topological polar surface area (TPSA) is 29.3 Å². The molecule has 2 N–H and O–H groups in total. The molecule has 0 aromatic heterocycles. The van der Waals surface area contributed by atoms with Crippen LogP contribution in [-0.4, -0.2) is 12.6 Å². The zero-order chi connectivity index (χ0) is 13.2. The van der Waals surface area contributed by atoms with Crippen molar-refractivity contribution in [2.24, 2.45) is 5.73 Å². The number of anilines is 1. The minimum absolute atomic E-state index is 0.176. The van der Waals surface area contributed by atoms with E-state index in [2.05, 4.69) is 35.2 Å². The van der Waals surface area contributed by atoms with Crippen LogP contribution in [0.25, 0.3) is 0 Å². The number of halogens is 1. The fraction of sp³-hybridized carbons (Fsp3) is 0.250. The Kier molecular flexibility index (Phi) is 3.45. The summed E-state index contributed by atoms with van der Waals surface area (Å²) in [6, 6.07) is 16.7. The maximum Gasteiger partial charge on any atom is 0.0430 e. The predicted molar refractivity (Wildman–Crippen MR) is 80.6 cm³/mol. The molecular weight excluding hydrogens is 256 g/mol. The van der Waals surface area contributed by atoms with Crippen LogP contribution in [0.5, 0.6) is 0 Å². The maximum atomic E-state index is 6.16. The smallest absolute Gasteiger partial charge is 0.0430 e. The summed E-state index contributed by atoms with van der Waals surface area (Å²) >= 11 is 6.07. The molecule has 1 heterocycles. The summed E-state index contributed by atoms with van der Waals surface area (Å²) in [5, 5.41) is 0.785. The first-order chi connectivity index (χ1) is 9.22. The molecule has 1 aliphatic heterocycles. The summed E-state index contributed by atoms with van der Waals surface area (Å²) < 4.78 is 0. The first-order valence-corrected chi connectivity index (χ1v) is 6.93. The number of hydrogen-bond acceptors (Lipinski definition) is 2. The Bertz CT molecular complexity index is 568. The van der Waals surface area contributed by atoms with Gasteiger partial charge in [-0.3, -0.25) is 0 Å². The van der Waals surface area contributed by atoms with Crippen LogP contribution in [-0.2, 0) is 13.0 Å². The molecule has 0 aliphatic carbocycles. The third kappa shape index (κ3) is 2.75. The van der Waals surface area contributed by atoms with Crippen molar-refractivity contribution in [2.45, 2.75) is 19.0 Å². The lowest BCUT2D eigenvalue weighted by Crippen LogP contribution is -2.42. The molecule has 0 bridgehead atoms. The predicted octanol–water partition coefficient (Wildman–Crippen LogP) is 3.23. The highest BCUT2D eigenvalue weighted by Crippen LogP contribution is 2.30. The zero-order valence-corrected chi connectivity index (χ0v) is 11.5. The third-order valence-corrected chi connectivity index (χ3v) is 3.77. The molecule has 1 atom stereocenters. The van der Waals surface area contributed by atoms with Crippen LogP contribution in [0.1, 0.15) is 11.1 Å². The molecule has 0 saturated heterocycles. The second-order valence-corrected chi connectivity index (χ2v) is 5.54. The van der Waals surface area contributed by atoms with Crippen molar-refractivity contribution in [1.82, 2.24) is 0 Å². The van der Waals surface area contributed by atoms with Crippen molar-refractivity contribution in [3.8, 4) is 0 Å². The van der Waals surface area contributed by atoms with E-state index in [4.69, 9.17) is 17.3 Å². The van der Waals surface area contributed by atoms with Crippen molar-refractivity contribution >= 4 is 17.3 Å². The van der Waals surface area contributed by atoms with Gasteiger partial charge in [-0.15, -0.1) is 0 Å². The first-order valence-electron chi connectivity index (χ1n) is 6.55. The van der Waals surface area contributed by atoms with E-state index in [-0.39, 0.29) is 6.04 Å². The van der Waals surface area contributed by atoms with Crippen LogP contribution in [0.15, 0.2) is 48.5 Å². The SMILES string of the molecule is NC1Cc2cc(Cl)ccc2N(Cc2ccccc2)C1. The molecule has 2 aromatic carbocycles. The Morgan fingerprint density at radius 1 is 1.16 bits per heavy atom. The number of nitrogens with two attached hydrogens (primary N) is 1. The molecule has 3 heteroatoms. The van der Waals surface area contributed by atoms with Gasteiger partial charge in [-0.05, 0) is 35.7 Å². The third-order valence-electron chi connectivity index (χ3n) is 3.54. The molecule has 0 amide bonds. The molecule has 3 rings (SSSR count). The van der Waals surface area contributed by atoms with Gasteiger partial charge in [-0.25, -0.2) is 0 Å². The van der Waals surface area contributed by atoms with E-state index in [1.54, 1.807) is 0 Å². The van der Waals surface area contributed by atoms with E-state index in [0.717, 1.165) is 24.5 Å². The molecule has 98 valence electrons. The van der Waals surface area contributed by atoms with E-state index >= 15 is 0 Å². The Hall–Kier alpha value is -1.51. The van der Waals surface area contributed by atoms with Gasteiger partial charge in [0.1, 0.15) is 0 Å². The summed E-state index contributed by atoms with van der Waals surface area (Å²) in [5.74, 6) is 0. The number of benzene rings is 2. The molecule has 0 fully saturated rings. The Balaban J connectivity index is 1.91. The van der Waals surface area contributed by atoms with Crippen LogP contribution in [0.2, 0.25) is 5.02 Å². The second kappa shape index (κ2) is 5.24. The van der Waals surface area contributed by atoms with Crippen molar-refractivity contribution < 1.29 is 0 Å². The number of hydrogen-bond donors (Lipinski definition) is 1. The first kappa shape index (κ1) is 12.5. The van der Waals surface area contributed by atoms with Gasteiger partial charge in [0.15, 0.2) is 0 Å². The van der Waals surface area contributed by atoms with Crippen LogP contribution >= 0.6 is 11.6 Å². The van der Waals surface area contributed by atoms with Gasteiger partial charge >= 0.3 is 0 Å². The summed E-state index contributed by atoms with van der Waals surface area (Å²) in [6.45, 7) is 1.78. The highest BCUT2D eigenvalue weighted by atomic mass is 35.5. The van der Waals surface area contributed by atoms with E-state index in [1.807, 2.05) is 18.2 Å². The fourth-order valence-electron chi connectivity index (χ4n) is 2.71. The lowest BCUT2D eigenvalue weighted by atomic mass is 9.98. The van der Waals surface area contributed by atoms with Gasteiger partial charge < -0.3 is 10.6 Å². The van der Waals surface area contributed by atoms with Gasteiger partial charge in [-0.2, -0.15) is 0 Å². The minimum atomic E-state index is 0.176. The number of nitrogens with zero attached hydrogens (tertiary/aromatic N) is 1. The minimum Gasteiger partial charge on any atom is -0.365 e. The lowest BCUT2D eigenvalue weighted by molar-refractivity contribution is 0.599. The summed E-state index contributed by atoms with van der Waals surface area (Å²) in [4.78, 5) is 2.34. The largest absolute Gasteiger partial charge is 0.365 e. The van der Waals surface area contributed by atoms with Gasteiger partial charge in [0.05, 0.1) is 0 Å². The van der Waals surface area contributed by atoms with Gasteiger partial charge in [-0.1, -0.05) is 41.9 Å². The second-order valence-electron chi connectivity index (χ2n) is 5.10. The number of rotatable bonds is 2. The molecular formula is C16H17ClN2. The highest BCUT2D eigenvalue weighted by Gasteiger charge is 2.22. The van der Waals surface area contributed by atoms with E-state index in [0.29, 0.717) is 0 Å². The van der Waals surface area contributed by atoms with E-state index in [1.165, 1.54) is 16.8 Å². The van der Waals surface area contributed by atoms with Gasteiger partial charge in [0.25, 0.3) is 0 Å². The maximum absolute atomic E-state index is 6.16. The standard InChI is InChI=1S/C16H17ClN2/c17-14-6-7-16-13(8-14)9-15(18)11-19(16)10-12-4-2-1-3-5-12/h1-8,15H,9-11,18H2. The van der Waals surface area contributed by atoms with Crippen LogP contribution < -0.4 is 10.6 Å². The highest BCUT2D eigenvalue weighted by molar-refractivity contribution is 6.30. The van der Waals surface area contributed by atoms with Crippen molar-refractivity contribution in [3.63, 3.8) is 0 Å². The summed E-state index contributed by atoms with van der Waals surface area (Å²) in [7, 11) is 0. The molecule has 19 heavy (non-hydrogen) atoms. The van der Waals surface area contributed by atoms with Crippen LogP contribution in [0.4, 0.5) is 5.69 Å². The molecule has 0 saturated carbocycles. The lowest BCUT2D eigenvalue weighted by Gasteiger charge is -2.35. The van der Waals surface area contributed by atoms with Crippen LogP contribution in [0.3, 0.4) is 0 Å². The van der Waals surface area contributed by atoms with Gasteiger partial charge in [0.2, 0.25) is 0 Å². The van der Waals surface area contributed by atoms with E-state index in [9.17, 15) is 0 Å². The van der Waals surface area contributed by atoms with E-state index < -0.39 is 0 Å². The molecule has 0 spiro atoms. The van der Waals surface area contributed by atoms with Crippen molar-refractivity contribution in [2.75, 3.05) is 11.4 Å². The molecule has 2 nitrogen and oxygen atoms in total. The summed E-state index contributed by atoms with van der Waals surface area (Å²) in [5.41, 5.74) is 9.97. The average molecular weight is 273 g/mol. The Morgan fingerprint density at radius 3 is 2.74 bits per heavy atom. The normalized spacial score (nSPS) is 18.2. The zero-order valence-electron chi connectivity index (χ0n) is 10.7. The summed E-state index contributed by atoms with van der Waals surface area (Å²) in [6.07, 6.45) is 0.904. The molecule has 1 aliphatic rings. The monoisotopic (exact) mass is 272 g/mol. The van der Waals surface area contributed by atoms with Crippen molar-refractivity contribution in [3.05, 3.63) is 64.7 Å². The van der Waals surface area contributed by atoms with Crippen LogP contribution in [0, 0.1) is 0 Å². The van der Waals surface area contributed by atoms with Gasteiger partial charge in [0, 0.05) is 29.8 Å². The van der Waals surface area contributed by atoms with Crippen molar-refractivity contribution in [1.29, 1.82) is 0 Å². The molecule has 0 radical (unpaired) electrons. The number of fused-ring (bicyclic) bond motifs is 1. The quantitative estimate of drug-likeness (QED) is 0.909. The molecule has 1 unspecified atom stereocenters. The molecule has 2 aromatic rings. The Labute approximate surface area is 118 Å². The average Bonchev–Trinajstić information content (AvgIpc) is 2.39.